The number of hydrogen-bond donors (Lipinski definition) is 3. The molecule has 1 fully saturated rings. The number of carboxylic acids is 2. The van der Waals surface area contributed by atoms with Crippen molar-refractivity contribution in [3.05, 3.63) is 112 Å². The van der Waals surface area contributed by atoms with Gasteiger partial charge in [-0.05, 0) is 68.7 Å². The second-order valence-electron chi connectivity index (χ2n) is 12.7. The molecule has 2 aliphatic rings. The molecule has 0 atom stereocenters. The van der Waals surface area contributed by atoms with E-state index in [1.165, 1.54) is 30.3 Å². The van der Waals surface area contributed by atoms with Gasteiger partial charge in [0.1, 0.15) is 5.82 Å². The Balaban J connectivity index is 0.00000448. The molecular weight excluding hydrogens is 681 g/mol. The first kappa shape index (κ1) is 35.5. The summed E-state index contributed by atoms with van der Waals surface area (Å²) < 4.78 is 0. The predicted octanol–water partition coefficient (Wildman–Crippen LogP) is 9.87. The van der Waals surface area contributed by atoms with Crippen LogP contribution in [0.25, 0.3) is 26.9 Å². The van der Waals surface area contributed by atoms with E-state index in [9.17, 15) is 24.6 Å². The highest BCUT2D eigenvalue weighted by Crippen LogP contribution is 2.53. The molecule has 3 N–H and O–H groups in total. The van der Waals surface area contributed by atoms with Crippen LogP contribution in [0.15, 0.2) is 82.6 Å². The Labute approximate surface area is 307 Å². The summed E-state index contributed by atoms with van der Waals surface area (Å²) in [6, 6.07) is 21.2. The van der Waals surface area contributed by atoms with Crippen LogP contribution in [0.4, 0.5) is 22.9 Å². The second kappa shape index (κ2) is 14.5. The number of benzene rings is 4. The number of aromatic carboxylic acids is 2. The van der Waals surface area contributed by atoms with Gasteiger partial charge in [0.15, 0.2) is 5.78 Å². The van der Waals surface area contributed by atoms with Crippen molar-refractivity contribution in [3.8, 4) is 11.1 Å². The summed E-state index contributed by atoms with van der Waals surface area (Å²) >= 11 is 1.18. The van der Waals surface area contributed by atoms with Crippen molar-refractivity contribution in [3.63, 3.8) is 0 Å². The van der Waals surface area contributed by atoms with Crippen molar-refractivity contribution in [1.82, 2.24) is 4.98 Å². The molecule has 0 aliphatic heterocycles. The number of carbonyl (C=O) groups is 3. The van der Waals surface area contributed by atoms with E-state index in [1.807, 2.05) is 55.5 Å². The van der Waals surface area contributed by atoms with Crippen LogP contribution in [0, 0.1) is 13.5 Å². The molecule has 1 heterocycles. The summed E-state index contributed by atoms with van der Waals surface area (Å²) in [5.41, 5.74) is 5.08. The SMILES string of the molecule is S.[C-]#[N+]c1c(N(CC)C2CCCCC2)nc2c(Sc3cc(C(=O)O)cc(C(=O)O)c3)cc(Nc3ccc(C)cc3)c3c2c1-c1ccccc1C3=O. The highest BCUT2D eigenvalue weighted by atomic mass is 32.2. The lowest BCUT2D eigenvalue weighted by Gasteiger charge is -2.36. The smallest absolute Gasteiger partial charge is 0.335 e. The summed E-state index contributed by atoms with van der Waals surface area (Å²) in [5.74, 6) is -2.14. The molecule has 0 radical (unpaired) electrons. The van der Waals surface area contributed by atoms with Crippen LogP contribution in [0.2, 0.25) is 0 Å². The quantitative estimate of drug-likeness (QED) is 0.125. The third-order valence-corrected chi connectivity index (χ3v) is 10.6. The molecule has 5 aromatic rings. The fraction of sp³-hybridized carbons (Fsp3) is 0.225. The fourth-order valence-electron chi connectivity index (χ4n) is 7.20. The third-order valence-electron chi connectivity index (χ3n) is 9.55. The van der Waals surface area contributed by atoms with Gasteiger partial charge in [-0.15, -0.1) is 0 Å². The molecule has 1 aromatic heterocycles. The minimum atomic E-state index is -1.25. The van der Waals surface area contributed by atoms with Gasteiger partial charge in [0.05, 0.1) is 34.5 Å². The number of ketones is 1. The predicted molar refractivity (Wildman–Crippen MR) is 206 cm³/mol. The number of aryl methyl sites for hydroxylation is 1. The maximum absolute atomic E-state index is 14.5. The van der Waals surface area contributed by atoms with E-state index in [-0.39, 0.29) is 36.4 Å². The van der Waals surface area contributed by atoms with Gasteiger partial charge >= 0.3 is 11.9 Å². The van der Waals surface area contributed by atoms with Gasteiger partial charge in [-0.25, -0.2) is 19.4 Å². The zero-order chi connectivity index (χ0) is 35.1. The number of hydrogen-bond acceptors (Lipinski definition) is 7. The molecule has 258 valence electrons. The molecule has 0 amide bonds. The van der Waals surface area contributed by atoms with Gasteiger partial charge in [-0.2, -0.15) is 13.5 Å². The Morgan fingerprint density at radius 1 is 0.941 bits per heavy atom. The highest BCUT2D eigenvalue weighted by Gasteiger charge is 2.35. The van der Waals surface area contributed by atoms with E-state index >= 15 is 0 Å². The van der Waals surface area contributed by atoms with Crippen molar-refractivity contribution in [2.24, 2.45) is 0 Å². The van der Waals surface area contributed by atoms with Crippen LogP contribution in [-0.2, 0) is 0 Å². The van der Waals surface area contributed by atoms with Crippen molar-refractivity contribution in [2.45, 2.75) is 61.8 Å². The van der Waals surface area contributed by atoms with Crippen molar-refractivity contribution >= 4 is 76.8 Å². The lowest BCUT2D eigenvalue weighted by molar-refractivity contribution is 0.0696. The molecule has 0 unspecified atom stereocenters. The summed E-state index contributed by atoms with van der Waals surface area (Å²) in [5, 5.41) is 23.6. The van der Waals surface area contributed by atoms with Gasteiger partial charge in [-0.1, -0.05) is 73.0 Å². The molecule has 7 rings (SSSR count). The maximum atomic E-state index is 14.5. The minimum Gasteiger partial charge on any atom is -0.478 e. The zero-order valence-corrected chi connectivity index (χ0v) is 29.9. The Bertz CT molecular complexity index is 2230. The number of carbonyl (C=O) groups excluding carboxylic acids is 1. The van der Waals surface area contributed by atoms with Gasteiger partial charge < -0.3 is 20.4 Å². The average molecular weight is 717 g/mol. The molecule has 2 aliphatic carbocycles. The summed E-state index contributed by atoms with van der Waals surface area (Å²) in [4.78, 5) is 51.2. The number of fused-ring (bicyclic) bond motifs is 2. The number of aromatic nitrogens is 1. The molecule has 0 bridgehead atoms. The Kier molecular flexibility index (Phi) is 10.1. The van der Waals surface area contributed by atoms with Crippen LogP contribution >= 0.6 is 25.3 Å². The van der Waals surface area contributed by atoms with Crippen molar-refractivity contribution in [2.75, 3.05) is 16.8 Å². The number of carboxylic acid groups (broad SMARTS) is 2. The molecule has 0 saturated heterocycles. The van der Waals surface area contributed by atoms with E-state index in [1.54, 1.807) is 6.07 Å². The second-order valence-corrected chi connectivity index (χ2v) is 13.8. The normalized spacial score (nSPS) is 13.5. The zero-order valence-electron chi connectivity index (χ0n) is 28.1. The maximum Gasteiger partial charge on any atom is 0.335 e. The van der Waals surface area contributed by atoms with Gasteiger partial charge in [0, 0.05) is 44.6 Å². The van der Waals surface area contributed by atoms with Gasteiger partial charge in [-0.3, -0.25) is 4.79 Å². The lowest BCUT2D eigenvalue weighted by atomic mass is 9.82. The number of nitrogens with one attached hydrogen (secondary N) is 1. The van der Waals surface area contributed by atoms with Crippen molar-refractivity contribution in [1.29, 1.82) is 0 Å². The number of anilines is 3. The monoisotopic (exact) mass is 716 g/mol. The largest absolute Gasteiger partial charge is 0.478 e. The molecular formula is C40H36N4O5S2. The Morgan fingerprint density at radius 2 is 1.59 bits per heavy atom. The first-order valence-electron chi connectivity index (χ1n) is 16.6. The van der Waals surface area contributed by atoms with Gasteiger partial charge in [0.25, 0.3) is 0 Å². The van der Waals surface area contributed by atoms with Crippen molar-refractivity contribution < 1.29 is 24.6 Å². The summed E-state index contributed by atoms with van der Waals surface area (Å²) in [7, 11) is 0. The fourth-order valence-corrected chi connectivity index (χ4v) is 8.25. The Morgan fingerprint density at radius 3 is 2.20 bits per heavy atom. The van der Waals surface area contributed by atoms with Crippen LogP contribution in [-0.4, -0.2) is 45.5 Å². The molecule has 1 saturated carbocycles. The van der Waals surface area contributed by atoms with E-state index in [0.29, 0.717) is 66.7 Å². The highest BCUT2D eigenvalue weighted by molar-refractivity contribution is 7.99. The summed E-state index contributed by atoms with van der Waals surface area (Å²) in [6.45, 7) is 13.2. The number of rotatable bonds is 9. The van der Waals surface area contributed by atoms with Crippen LogP contribution < -0.4 is 10.2 Å². The van der Waals surface area contributed by atoms with Crippen LogP contribution in [0.5, 0.6) is 0 Å². The first-order valence-corrected chi connectivity index (χ1v) is 17.5. The number of pyridine rings is 1. The topological polar surface area (TPSA) is 124 Å². The average Bonchev–Trinajstić information content (AvgIpc) is 3.12. The molecule has 4 aromatic carbocycles. The summed E-state index contributed by atoms with van der Waals surface area (Å²) in [6.07, 6.45) is 5.34. The van der Waals surface area contributed by atoms with Gasteiger partial charge in [0.2, 0.25) is 5.69 Å². The van der Waals surface area contributed by atoms with Crippen LogP contribution in [0.3, 0.4) is 0 Å². The lowest BCUT2D eigenvalue weighted by Crippen LogP contribution is -2.37. The van der Waals surface area contributed by atoms with E-state index < -0.39 is 11.9 Å². The third kappa shape index (κ3) is 6.53. The first-order chi connectivity index (χ1) is 24.2. The van der Waals surface area contributed by atoms with E-state index in [4.69, 9.17) is 11.6 Å². The molecule has 11 heteroatoms. The van der Waals surface area contributed by atoms with E-state index in [2.05, 4.69) is 22.0 Å². The van der Waals surface area contributed by atoms with Crippen LogP contribution in [0.1, 0.15) is 81.2 Å². The standard InChI is InChI=1S/C40H34N4O5S.H2S/c1-4-44(26-10-6-5-7-11-26)38-36(41-3)32-28-12-8-9-13-29(28)37(45)33-30(42-25-16-14-22(2)15-17-25)21-31(35(43-38)34(32)33)50-27-19-23(39(46)47)18-24(20-27)40(48)49;/h8-9,12-21,26,42H,4-7,10-11H2,1-2H3,(H,46,47)(H,48,49);1H2. The molecule has 9 nitrogen and oxygen atoms in total. The number of nitrogens with zero attached hydrogens (tertiary/aromatic N) is 3. The van der Waals surface area contributed by atoms with E-state index in [0.717, 1.165) is 43.0 Å². The molecule has 0 spiro atoms. The minimum absolute atomic E-state index is 0. The Hall–Kier alpha value is -5.31. The molecule has 51 heavy (non-hydrogen) atoms.